The third-order valence-electron chi connectivity index (χ3n) is 6.66. The number of nitrogens with zero attached hydrogens (tertiary/aromatic N) is 2. The van der Waals surface area contributed by atoms with Crippen molar-refractivity contribution in [3.63, 3.8) is 0 Å². The molecule has 41 heavy (non-hydrogen) atoms. The number of nitrogens with one attached hydrogen (secondary N) is 1. The minimum absolute atomic E-state index is 0.307. The fraction of sp³-hybridized carbons (Fsp3) is 0.125. The van der Waals surface area contributed by atoms with E-state index in [0.717, 1.165) is 42.9 Å². The number of para-hydroxylation sites is 1. The molecule has 1 amide bonds. The number of esters is 1. The van der Waals surface area contributed by atoms with Crippen molar-refractivity contribution in [2.24, 2.45) is 0 Å². The molecule has 1 unspecified atom stereocenters. The lowest BCUT2D eigenvalue weighted by atomic mass is 9.99. The first-order valence-electron chi connectivity index (χ1n) is 13.0. The highest BCUT2D eigenvalue weighted by molar-refractivity contribution is 7.21. The summed E-state index contributed by atoms with van der Waals surface area (Å²) in [6.45, 7) is 1.80. The van der Waals surface area contributed by atoms with E-state index in [1.807, 2.05) is 84.2 Å². The fourth-order valence-electron chi connectivity index (χ4n) is 4.62. The van der Waals surface area contributed by atoms with Gasteiger partial charge in [0.05, 0.1) is 28.6 Å². The van der Waals surface area contributed by atoms with Crippen LogP contribution in [0, 0.1) is 0 Å². The molecule has 6 aromatic rings. The number of aromatic nitrogens is 2. The van der Waals surface area contributed by atoms with Crippen molar-refractivity contribution >= 4 is 60.7 Å². The predicted molar refractivity (Wildman–Crippen MR) is 165 cm³/mol. The molecule has 0 bridgehead atoms. The topological polar surface area (TPSA) is 90.4 Å². The van der Waals surface area contributed by atoms with Crippen molar-refractivity contribution < 1.29 is 19.1 Å². The molecule has 2 heterocycles. The standard InChI is InChI=1S/C32H25N3O4S2/c1-3-26(29(36)35-32-34-25(18-40-32)20-11-6-12-21(17-20)38-2)39-31(37)23-14-8-10-19-9-7-13-22(28(19)23)30-33-24-15-4-5-16-27(24)41-30/h4-18,26H,3H2,1-2H3,(H,34,35,36). The SMILES string of the molecule is CCC(OC(=O)c1cccc2cccc(-c3nc4ccccc4s3)c12)C(=O)Nc1nc(-c2cccc(OC)c2)cs1. The number of methoxy groups -OCH3 is 1. The lowest BCUT2D eigenvalue weighted by Crippen LogP contribution is -2.32. The van der Waals surface area contributed by atoms with Crippen molar-refractivity contribution in [2.75, 3.05) is 12.4 Å². The van der Waals surface area contributed by atoms with Gasteiger partial charge in [-0.1, -0.05) is 61.5 Å². The van der Waals surface area contributed by atoms with Gasteiger partial charge in [-0.25, -0.2) is 14.8 Å². The Kier molecular flexibility index (Phi) is 7.45. The summed E-state index contributed by atoms with van der Waals surface area (Å²) in [6, 6.07) is 26.9. The molecule has 1 N–H and O–H groups in total. The summed E-state index contributed by atoms with van der Waals surface area (Å²) in [4.78, 5) is 36.1. The lowest BCUT2D eigenvalue weighted by molar-refractivity contribution is -0.124. The number of carbonyl (C=O) groups excluding carboxylic acids is 2. The molecule has 0 saturated heterocycles. The third-order valence-corrected chi connectivity index (χ3v) is 8.49. The highest BCUT2D eigenvalue weighted by Crippen LogP contribution is 2.36. The van der Waals surface area contributed by atoms with Gasteiger partial charge < -0.3 is 9.47 Å². The molecule has 0 aliphatic heterocycles. The number of rotatable bonds is 8. The molecular weight excluding hydrogens is 555 g/mol. The third kappa shape index (κ3) is 5.41. The summed E-state index contributed by atoms with van der Waals surface area (Å²) in [7, 11) is 1.61. The molecular formula is C32H25N3O4S2. The number of benzene rings is 4. The highest BCUT2D eigenvalue weighted by Gasteiger charge is 2.25. The molecule has 9 heteroatoms. The average molecular weight is 580 g/mol. The Labute approximate surface area is 244 Å². The van der Waals surface area contributed by atoms with Crippen LogP contribution in [0.5, 0.6) is 5.75 Å². The van der Waals surface area contributed by atoms with Crippen LogP contribution in [0.1, 0.15) is 23.7 Å². The molecule has 2 aromatic heterocycles. The summed E-state index contributed by atoms with van der Waals surface area (Å²) in [5.74, 6) is -0.278. The maximum absolute atomic E-state index is 13.5. The van der Waals surface area contributed by atoms with Crippen LogP contribution in [-0.4, -0.2) is 35.1 Å². The number of fused-ring (bicyclic) bond motifs is 2. The van der Waals surface area contributed by atoms with Gasteiger partial charge in [0.15, 0.2) is 11.2 Å². The summed E-state index contributed by atoms with van der Waals surface area (Å²) >= 11 is 2.87. The Hall–Kier alpha value is -4.60. The minimum atomic E-state index is -0.989. The Morgan fingerprint density at radius 1 is 0.951 bits per heavy atom. The van der Waals surface area contributed by atoms with Gasteiger partial charge >= 0.3 is 5.97 Å². The molecule has 0 aliphatic rings. The monoisotopic (exact) mass is 579 g/mol. The van der Waals surface area contributed by atoms with E-state index in [1.165, 1.54) is 11.3 Å². The van der Waals surface area contributed by atoms with Gasteiger partial charge in [0.25, 0.3) is 5.91 Å². The number of hydrogen-bond acceptors (Lipinski definition) is 8. The van der Waals surface area contributed by atoms with E-state index < -0.39 is 18.0 Å². The summed E-state index contributed by atoms with van der Waals surface area (Å²) in [5.41, 5.74) is 3.73. The molecule has 204 valence electrons. The van der Waals surface area contributed by atoms with E-state index in [2.05, 4.69) is 10.3 Å². The van der Waals surface area contributed by atoms with Crippen molar-refractivity contribution in [3.8, 4) is 27.6 Å². The average Bonchev–Trinajstić information content (AvgIpc) is 3.66. The summed E-state index contributed by atoms with van der Waals surface area (Å²) in [6.07, 6.45) is -0.683. The number of hydrogen-bond donors (Lipinski definition) is 1. The molecule has 4 aromatic carbocycles. The van der Waals surface area contributed by atoms with E-state index in [4.69, 9.17) is 14.5 Å². The van der Waals surface area contributed by atoms with Gasteiger partial charge in [0, 0.05) is 21.9 Å². The molecule has 0 saturated carbocycles. The van der Waals surface area contributed by atoms with Crippen molar-refractivity contribution in [1.82, 2.24) is 9.97 Å². The van der Waals surface area contributed by atoms with E-state index >= 15 is 0 Å². The second kappa shape index (κ2) is 11.5. The second-order valence-electron chi connectivity index (χ2n) is 9.26. The Bertz CT molecular complexity index is 1860. The smallest absolute Gasteiger partial charge is 0.339 e. The maximum atomic E-state index is 13.5. The first-order valence-corrected chi connectivity index (χ1v) is 14.7. The van der Waals surface area contributed by atoms with E-state index in [1.54, 1.807) is 31.4 Å². The number of carbonyl (C=O) groups is 2. The molecule has 0 aliphatic carbocycles. The second-order valence-corrected chi connectivity index (χ2v) is 11.1. The van der Waals surface area contributed by atoms with Crippen LogP contribution in [0.15, 0.2) is 90.3 Å². The van der Waals surface area contributed by atoms with Gasteiger partial charge in [0.1, 0.15) is 10.8 Å². The van der Waals surface area contributed by atoms with E-state index in [9.17, 15) is 9.59 Å². The van der Waals surface area contributed by atoms with Gasteiger partial charge in [-0.15, -0.1) is 22.7 Å². The normalized spacial score (nSPS) is 11.9. The molecule has 7 nitrogen and oxygen atoms in total. The Morgan fingerprint density at radius 2 is 1.76 bits per heavy atom. The molecule has 6 rings (SSSR count). The fourth-order valence-corrected chi connectivity index (χ4v) is 6.34. The van der Waals surface area contributed by atoms with Gasteiger partial charge in [-0.3, -0.25) is 10.1 Å². The number of anilines is 1. The Balaban J connectivity index is 1.24. The van der Waals surface area contributed by atoms with Gasteiger partial charge in [0.2, 0.25) is 0 Å². The zero-order valence-corrected chi connectivity index (χ0v) is 23.9. The van der Waals surface area contributed by atoms with Crippen molar-refractivity contribution in [2.45, 2.75) is 19.4 Å². The Morgan fingerprint density at radius 3 is 2.56 bits per heavy atom. The maximum Gasteiger partial charge on any atom is 0.339 e. The first-order chi connectivity index (χ1) is 20.0. The van der Waals surface area contributed by atoms with E-state index in [0.29, 0.717) is 22.8 Å². The summed E-state index contributed by atoms with van der Waals surface area (Å²) in [5, 5.41) is 7.54. The summed E-state index contributed by atoms with van der Waals surface area (Å²) < 4.78 is 12.2. The van der Waals surface area contributed by atoms with Crippen LogP contribution in [0.4, 0.5) is 5.13 Å². The molecule has 1 atom stereocenters. The van der Waals surface area contributed by atoms with Crippen LogP contribution >= 0.6 is 22.7 Å². The zero-order chi connectivity index (χ0) is 28.3. The molecule has 0 radical (unpaired) electrons. The largest absolute Gasteiger partial charge is 0.497 e. The quantitative estimate of drug-likeness (QED) is 0.185. The van der Waals surface area contributed by atoms with Crippen molar-refractivity contribution in [1.29, 1.82) is 0 Å². The zero-order valence-electron chi connectivity index (χ0n) is 22.3. The van der Waals surface area contributed by atoms with Crippen LogP contribution in [0.25, 0.3) is 42.8 Å². The lowest BCUT2D eigenvalue weighted by Gasteiger charge is -2.16. The number of amides is 1. The molecule has 0 fully saturated rings. The predicted octanol–water partition coefficient (Wildman–Crippen LogP) is 7.82. The number of thiazole rings is 2. The molecule has 0 spiro atoms. The van der Waals surface area contributed by atoms with Crippen LogP contribution < -0.4 is 10.1 Å². The van der Waals surface area contributed by atoms with Gasteiger partial charge in [-0.05, 0) is 42.1 Å². The van der Waals surface area contributed by atoms with Crippen LogP contribution in [0.3, 0.4) is 0 Å². The highest BCUT2D eigenvalue weighted by atomic mass is 32.1. The number of ether oxygens (including phenoxy) is 2. The first kappa shape index (κ1) is 26.6. The van der Waals surface area contributed by atoms with Crippen molar-refractivity contribution in [3.05, 3.63) is 95.9 Å². The van der Waals surface area contributed by atoms with Gasteiger partial charge in [-0.2, -0.15) is 0 Å². The van der Waals surface area contributed by atoms with Crippen LogP contribution in [0.2, 0.25) is 0 Å². The van der Waals surface area contributed by atoms with E-state index in [-0.39, 0.29) is 0 Å². The van der Waals surface area contributed by atoms with Crippen LogP contribution in [-0.2, 0) is 9.53 Å². The minimum Gasteiger partial charge on any atom is -0.497 e.